The van der Waals surface area contributed by atoms with Crippen molar-refractivity contribution >= 4 is 39.0 Å². The zero-order valence-corrected chi connectivity index (χ0v) is 24.6. The van der Waals surface area contributed by atoms with Crippen molar-refractivity contribution in [3.05, 3.63) is 88.2 Å². The molecule has 2 heterocycles. The third-order valence-electron chi connectivity index (χ3n) is 7.60. The molecule has 5 rings (SSSR count). The molecule has 42 heavy (non-hydrogen) atoms. The Balaban J connectivity index is 1.50. The molecule has 224 valence electrons. The third-order valence-corrected chi connectivity index (χ3v) is 9.69. The van der Waals surface area contributed by atoms with Gasteiger partial charge in [-0.3, -0.25) is 4.31 Å². The summed E-state index contributed by atoms with van der Waals surface area (Å²) >= 11 is 6.23. The predicted molar refractivity (Wildman–Crippen MR) is 157 cm³/mol. The third kappa shape index (κ3) is 6.61. The van der Waals surface area contributed by atoms with Crippen LogP contribution in [0.5, 0.6) is 5.75 Å². The number of allylic oxidation sites excluding steroid dienone is 1. The van der Waals surface area contributed by atoms with Gasteiger partial charge in [0.15, 0.2) is 0 Å². The maximum atomic E-state index is 14.5. The van der Waals surface area contributed by atoms with Crippen LogP contribution in [0.1, 0.15) is 49.3 Å². The minimum absolute atomic E-state index is 0.0587. The minimum atomic E-state index is -4.70. The van der Waals surface area contributed by atoms with Crippen LogP contribution in [-0.2, 0) is 16.2 Å². The van der Waals surface area contributed by atoms with Crippen molar-refractivity contribution in [1.29, 1.82) is 0 Å². The van der Waals surface area contributed by atoms with Crippen LogP contribution in [-0.4, -0.2) is 45.6 Å². The van der Waals surface area contributed by atoms with Crippen LogP contribution >= 0.6 is 11.6 Å². The highest BCUT2D eigenvalue weighted by Crippen LogP contribution is 2.40. The van der Waals surface area contributed by atoms with E-state index in [0.29, 0.717) is 29.4 Å². The Morgan fingerprint density at radius 2 is 1.81 bits per heavy atom. The number of ether oxygens (including phenoxy) is 1. The fourth-order valence-electron chi connectivity index (χ4n) is 5.50. The van der Waals surface area contributed by atoms with Gasteiger partial charge in [0.25, 0.3) is 10.0 Å². The molecule has 0 radical (unpaired) electrons. The molecule has 0 unspecified atom stereocenters. The van der Waals surface area contributed by atoms with Gasteiger partial charge in [-0.1, -0.05) is 35.9 Å². The van der Waals surface area contributed by atoms with Gasteiger partial charge >= 0.3 is 6.18 Å². The van der Waals surface area contributed by atoms with Gasteiger partial charge in [0, 0.05) is 5.56 Å². The first kappa shape index (κ1) is 30.4. The molecule has 1 fully saturated rings. The van der Waals surface area contributed by atoms with E-state index in [9.17, 15) is 26.0 Å². The summed E-state index contributed by atoms with van der Waals surface area (Å²) in [4.78, 5) is 1.90. The van der Waals surface area contributed by atoms with Crippen molar-refractivity contribution in [3.8, 4) is 5.75 Å². The molecular formula is C31H31ClF4N2O3S. The summed E-state index contributed by atoms with van der Waals surface area (Å²) in [5, 5.41) is 0.232. The lowest BCUT2D eigenvalue weighted by molar-refractivity contribution is -0.137. The molecular weight excluding hydrogens is 592 g/mol. The van der Waals surface area contributed by atoms with Crippen molar-refractivity contribution in [2.75, 3.05) is 30.5 Å². The predicted octanol–water partition coefficient (Wildman–Crippen LogP) is 7.89. The first-order chi connectivity index (χ1) is 19.9. The molecule has 1 saturated heterocycles. The topological polar surface area (TPSA) is 49.9 Å². The number of sulfonamides is 1. The zero-order chi connectivity index (χ0) is 30.1. The monoisotopic (exact) mass is 622 g/mol. The van der Waals surface area contributed by atoms with Gasteiger partial charge in [-0.25, -0.2) is 12.8 Å². The van der Waals surface area contributed by atoms with Crippen LogP contribution in [0.25, 0.3) is 11.6 Å². The van der Waals surface area contributed by atoms with Crippen LogP contribution < -0.4 is 9.04 Å². The fourth-order valence-corrected chi connectivity index (χ4v) is 7.36. The van der Waals surface area contributed by atoms with E-state index in [4.69, 9.17) is 16.3 Å². The standard InChI is InChI=1S/C31H31ClF4N2O3S/c1-21(30-26(32)10-5-11-27(30)33)17-22-12-13-29-28(18-22)38(20-24(41-29)8-6-16-37-14-2-3-15-37)42(39,40)25-9-4-7-23(19-25)31(34,35)36/h4-5,7,9-13,17-19,24H,2-3,6,8,14-16,20H2,1H3/b21-17+/t24-/m0/s1. The summed E-state index contributed by atoms with van der Waals surface area (Å²) in [5.74, 6) is -0.190. The second-order valence-corrected chi connectivity index (χ2v) is 12.9. The quantitative estimate of drug-likeness (QED) is 0.189. The molecule has 5 nitrogen and oxygen atoms in total. The number of halogens is 5. The molecule has 3 aromatic rings. The Hall–Kier alpha value is -3.08. The van der Waals surface area contributed by atoms with Gasteiger partial charge in [-0.2, -0.15) is 13.2 Å². The second kappa shape index (κ2) is 12.3. The number of alkyl halides is 3. The fraction of sp³-hybridized carbons (Fsp3) is 0.355. The molecule has 0 aromatic heterocycles. The largest absolute Gasteiger partial charge is 0.486 e. The molecule has 0 N–H and O–H groups in total. The van der Waals surface area contributed by atoms with Crippen molar-refractivity contribution in [2.45, 2.75) is 49.8 Å². The number of rotatable bonds is 8. The van der Waals surface area contributed by atoms with Gasteiger partial charge in [0.05, 0.1) is 27.7 Å². The van der Waals surface area contributed by atoms with Crippen molar-refractivity contribution in [3.63, 3.8) is 0 Å². The number of hydrogen-bond donors (Lipinski definition) is 0. The molecule has 0 saturated carbocycles. The lowest BCUT2D eigenvalue weighted by Gasteiger charge is -2.36. The van der Waals surface area contributed by atoms with E-state index in [1.165, 1.54) is 12.1 Å². The highest BCUT2D eigenvalue weighted by atomic mass is 35.5. The molecule has 0 aliphatic carbocycles. The average Bonchev–Trinajstić information content (AvgIpc) is 3.46. The molecule has 2 aliphatic heterocycles. The summed E-state index contributed by atoms with van der Waals surface area (Å²) in [6.45, 7) is 4.58. The molecule has 0 spiro atoms. The number of nitrogens with zero attached hydrogens (tertiary/aromatic N) is 2. The summed E-state index contributed by atoms with van der Waals surface area (Å²) in [6.07, 6.45) is 0.183. The van der Waals surface area contributed by atoms with Crippen LogP contribution in [0, 0.1) is 5.82 Å². The van der Waals surface area contributed by atoms with E-state index in [1.807, 2.05) is 0 Å². The van der Waals surface area contributed by atoms with E-state index < -0.39 is 38.6 Å². The Kier molecular flexibility index (Phi) is 8.87. The van der Waals surface area contributed by atoms with E-state index in [1.54, 1.807) is 37.3 Å². The number of benzene rings is 3. The van der Waals surface area contributed by atoms with Crippen LogP contribution in [0.3, 0.4) is 0 Å². The van der Waals surface area contributed by atoms with Gasteiger partial charge in [0.1, 0.15) is 17.7 Å². The molecule has 0 amide bonds. The van der Waals surface area contributed by atoms with E-state index in [-0.39, 0.29) is 22.8 Å². The van der Waals surface area contributed by atoms with E-state index in [2.05, 4.69) is 4.90 Å². The summed E-state index contributed by atoms with van der Waals surface area (Å²) < 4.78 is 90.1. The summed E-state index contributed by atoms with van der Waals surface area (Å²) in [7, 11) is -4.40. The highest BCUT2D eigenvalue weighted by Gasteiger charge is 2.37. The van der Waals surface area contributed by atoms with Crippen molar-refractivity contribution < 1.29 is 30.7 Å². The first-order valence-corrected chi connectivity index (χ1v) is 15.6. The molecule has 1 atom stereocenters. The molecule has 2 aliphatic rings. The number of hydrogen-bond acceptors (Lipinski definition) is 4. The van der Waals surface area contributed by atoms with Crippen LogP contribution in [0.4, 0.5) is 23.2 Å². The SMILES string of the molecule is C/C(=C\c1ccc2c(c1)N(S(=O)(=O)c1cccc(C(F)(F)F)c1)C[C@H](CCCN1CCCC1)O2)c1c(F)cccc1Cl. The smallest absolute Gasteiger partial charge is 0.416 e. The van der Waals surface area contributed by atoms with E-state index in [0.717, 1.165) is 61.4 Å². The first-order valence-electron chi connectivity index (χ1n) is 13.8. The normalized spacial score (nSPS) is 18.2. The highest BCUT2D eigenvalue weighted by molar-refractivity contribution is 7.92. The van der Waals surface area contributed by atoms with Gasteiger partial charge in [-0.05, 0) is 106 Å². The van der Waals surface area contributed by atoms with Gasteiger partial charge < -0.3 is 9.64 Å². The lowest BCUT2D eigenvalue weighted by atomic mass is 10.0. The van der Waals surface area contributed by atoms with Gasteiger partial charge in [-0.15, -0.1) is 0 Å². The number of likely N-dealkylation sites (tertiary alicyclic amines) is 1. The zero-order valence-electron chi connectivity index (χ0n) is 23.0. The Morgan fingerprint density at radius 3 is 2.52 bits per heavy atom. The second-order valence-electron chi connectivity index (χ2n) is 10.6. The molecule has 3 aromatic carbocycles. The maximum Gasteiger partial charge on any atom is 0.416 e. The Labute approximate surface area is 248 Å². The maximum absolute atomic E-state index is 14.5. The Morgan fingerprint density at radius 1 is 1.07 bits per heavy atom. The van der Waals surface area contributed by atoms with Gasteiger partial charge in [0.2, 0.25) is 0 Å². The number of fused-ring (bicyclic) bond motifs is 1. The van der Waals surface area contributed by atoms with Crippen molar-refractivity contribution in [1.82, 2.24) is 4.90 Å². The number of anilines is 1. The van der Waals surface area contributed by atoms with Crippen LogP contribution in [0.15, 0.2) is 65.6 Å². The summed E-state index contributed by atoms with van der Waals surface area (Å²) in [5.41, 5.74) is 0.435. The lowest BCUT2D eigenvalue weighted by Crippen LogP contribution is -2.43. The summed E-state index contributed by atoms with van der Waals surface area (Å²) in [6, 6.07) is 13.1. The van der Waals surface area contributed by atoms with E-state index >= 15 is 0 Å². The Bertz CT molecular complexity index is 1570. The average molecular weight is 623 g/mol. The molecule has 0 bridgehead atoms. The van der Waals surface area contributed by atoms with Crippen molar-refractivity contribution in [2.24, 2.45) is 0 Å². The van der Waals surface area contributed by atoms with Crippen LogP contribution in [0.2, 0.25) is 5.02 Å². The minimum Gasteiger partial charge on any atom is -0.486 e. The molecule has 11 heteroatoms.